The summed E-state index contributed by atoms with van der Waals surface area (Å²) in [7, 11) is 0. The minimum atomic E-state index is -2.45. The van der Waals surface area contributed by atoms with E-state index in [-0.39, 0.29) is 24.1 Å². The van der Waals surface area contributed by atoms with Crippen LogP contribution in [0.3, 0.4) is 0 Å². The topological polar surface area (TPSA) is 26.3 Å². The van der Waals surface area contributed by atoms with Gasteiger partial charge in [0, 0.05) is 6.42 Å². The van der Waals surface area contributed by atoms with Crippen LogP contribution in [0.1, 0.15) is 6.42 Å². The van der Waals surface area contributed by atoms with Gasteiger partial charge in [-0.15, -0.1) is 0 Å². The van der Waals surface area contributed by atoms with Gasteiger partial charge in [0.05, 0.1) is 11.9 Å². The second-order valence-corrected chi connectivity index (χ2v) is 2.45. The lowest BCUT2D eigenvalue weighted by Gasteiger charge is -2.00. The Morgan fingerprint density at radius 3 is 2.64 bits per heavy atom. The molecule has 0 bridgehead atoms. The summed E-state index contributed by atoms with van der Waals surface area (Å²) >= 11 is 2.94. The summed E-state index contributed by atoms with van der Waals surface area (Å²) in [6.07, 6.45) is -2.26. The standard InChI is InChI=1S/C6H9BrF2O2/c7-3-5(10)1-2-11-4-6(8)9/h6H,1-4H2. The van der Waals surface area contributed by atoms with Crippen LogP contribution in [0.15, 0.2) is 0 Å². The molecule has 2 nitrogen and oxygen atoms in total. The predicted octanol–water partition coefficient (Wildman–Crippen LogP) is 1.62. The Balaban J connectivity index is 3.08. The Morgan fingerprint density at radius 1 is 1.55 bits per heavy atom. The highest BCUT2D eigenvalue weighted by molar-refractivity contribution is 9.09. The SMILES string of the molecule is O=C(CBr)CCOCC(F)F. The minimum absolute atomic E-state index is 0.0423. The van der Waals surface area contributed by atoms with Crippen molar-refractivity contribution < 1.29 is 18.3 Å². The van der Waals surface area contributed by atoms with E-state index < -0.39 is 13.0 Å². The summed E-state index contributed by atoms with van der Waals surface area (Å²) in [5.41, 5.74) is 0. The molecule has 0 aromatic carbocycles. The number of halogens is 3. The fraction of sp³-hybridized carbons (Fsp3) is 0.833. The largest absolute Gasteiger partial charge is 0.375 e. The normalized spacial score (nSPS) is 10.5. The summed E-state index contributed by atoms with van der Waals surface area (Å²) in [5, 5.41) is 0.255. The molecule has 0 amide bonds. The molecule has 0 saturated carbocycles. The van der Waals surface area contributed by atoms with Gasteiger partial charge in [0.25, 0.3) is 6.43 Å². The molecular weight excluding hydrogens is 222 g/mol. The molecule has 0 heterocycles. The second-order valence-electron chi connectivity index (χ2n) is 1.89. The number of ether oxygens (including phenoxy) is 1. The molecule has 0 aliphatic heterocycles. The van der Waals surface area contributed by atoms with Crippen molar-refractivity contribution in [2.45, 2.75) is 12.8 Å². The van der Waals surface area contributed by atoms with Crippen molar-refractivity contribution in [3.05, 3.63) is 0 Å². The number of rotatable bonds is 6. The van der Waals surface area contributed by atoms with Crippen molar-refractivity contribution in [1.29, 1.82) is 0 Å². The first-order chi connectivity index (χ1) is 5.16. The zero-order valence-corrected chi connectivity index (χ0v) is 7.44. The highest BCUT2D eigenvalue weighted by atomic mass is 79.9. The third-order valence-electron chi connectivity index (χ3n) is 0.918. The van der Waals surface area contributed by atoms with Gasteiger partial charge in [0.2, 0.25) is 0 Å². The number of hydrogen-bond donors (Lipinski definition) is 0. The van der Waals surface area contributed by atoms with Crippen molar-refractivity contribution in [3.63, 3.8) is 0 Å². The van der Waals surface area contributed by atoms with Crippen LogP contribution in [-0.2, 0) is 9.53 Å². The van der Waals surface area contributed by atoms with Gasteiger partial charge in [-0.25, -0.2) is 8.78 Å². The lowest BCUT2D eigenvalue weighted by atomic mass is 10.3. The molecule has 0 unspecified atom stereocenters. The van der Waals surface area contributed by atoms with E-state index in [0.29, 0.717) is 0 Å². The van der Waals surface area contributed by atoms with E-state index in [1.807, 2.05) is 0 Å². The Kier molecular flexibility index (Phi) is 6.65. The summed E-state index contributed by atoms with van der Waals surface area (Å²) in [5.74, 6) is -0.0423. The van der Waals surface area contributed by atoms with E-state index in [1.54, 1.807) is 0 Å². The lowest BCUT2D eigenvalue weighted by Crippen LogP contribution is -2.09. The van der Waals surface area contributed by atoms with E-state index >= 15 is 0 Å². The average molecular weight is 231 g/mol. The Morgan fingerprint density at radius 2 is 2.18 bits per heavy atom. The molecule has 0 saturated heterocycles. The highest BCUT2D eigenvalue weighted by Crippen LogP contribution is 1.95. The van der Waals surface area contributed by atoms with Crippen molar-refractivity contribution in [2.24, 2.45) is 0 Å². The molecule has 0 aromatic heterocycles. The smallest absolute Gasteiger partial charge is 0.261 e. The maximum atomic E-state index is 11.4. The van der Waals surface area contributed by atoms with Crippen molar-refractivity contribution in [1.82, 2.24) is 0 Å². The molecule has 5 heteroatoms. The molecule has 0 spiro atoms. The van der Waals surface area contributed by atoms with Crippen LogP contribution in [0.4, 0.5) is 8.78 Å². The molecule has 11 heavy (non-hydrogen) atoms. The van der Waals surface area contributed by atoms with E-state index in [0.717, 1.165) is 0 Å². The van der Waals surface area contributed by atoms with Crippen LogP contribution in [0, 0.1) is 0 Å². The lowest BCUT2D eigenvalue weighted by molar-refractivity contribution is -0.118. The molecule has 0 radical (unpaired) electrons. The van der Waals surface area contributed by atoms with Crippen molar-refractivity contribution >= 4 is 21.7 Å². The van der Waals surface area contributed by atoms with Gasteiger partial charge >= 0.3 is 0 Å². The van der Waals surface area contributed by atoms with Gasteiger partial charge in [0.15, 0.2) is 0 Å². The molecule has 66 valence electrons. The summed E-state index contributed by atoms with van der Waals surface area (Å²) < 4.78 is 27.3. The van der Waals surface area contributed by atoms with Gasteiger partial charge in [-0.05, 0) is 0 Å². The number of Topliss-reactive ketones (excluding diaryl/α,β-unsaturated/α-hetero) is 1. The van der Waals surface area contributed by atoms with Gasteiger partial charge in [0.1, 0.15) is 12.4 Å². The highest BCUT2D eigenvalue weighted by Gasteiger charge is 2.03. The van der Waals surface area contributed by atoms with Gasteiger partial charge in [-0.2, -0.15) is 0 Å². The van der Waals surface area contributed by atoms with Crippen molar-refractivity contribution in [3.8, 4) is 0 Å². The van der Waals surface area contributed by atoms with E-state index in [4.69, 9.17) is 0 Å². The first kappa shape index (κ1) is 11.0. The third kappa shape index (κ3) is 7.87. The number of alkyl halides is 3. The summed E-state index contributed by atoms with van der Waals surface area (Å²) in [6, 6.07) is 0. The van der Waals surface area contributed by atoms with Gasteiger partial charge < -0.3 is 4.74 Å². The maximum absolute atomic E-state index is 11.4. The van der Waals surface area contributed by atoms with Crippen molar-refractivity contribution in [2.75, 3.05) is 18.5 Å². The molecule has 0 N–H and O–H groups in total. The number of carbonyl (C=O) groups excluding carboxylic acids is 1. The van der Waals surface area contributed by atoms with Crippen LogP contribution >= 0.6 is 15.9 Å². The zero-order chi connectivity index (χ0) is 8.69. The molecule has 0 rings (SSSR count). The molecule has 0 aliphatic carbocycles. The second kappa shape index (κ2) is 6.67. The van der Waals surface area contributed by atoms with Gasteiger partial charge in [-0.1, -0.05) is 15.9 Å². The maximum Gasteiger partial charge on any atom is 0.261 e. The molecule has 0 atom stereocenters. The molecule has 0 fully saturated rings. The third-order valence-corrected chi connectivity index (χ3v) is 1.54. The van der Waals surface area contributed by atoms with Crippen LogP contribution in [-0.4, -0.2) is 30.8 Å². The van der Waals surface area contributed by atoms with E-state index in [2.05, 4.69) is 20.7 Å². The molecular formula is C6H9BrF2O2. The fourth-order valence-corrected chi connectivity index (χ4v) is 0.706. The fourth-order valence-electron chi connectivity index (χ4n) is 0.425. The Labute approximate surface area is 72.0 Å². The first-order valence-electron chi connectivity index (χ1n) is 3.10. The predicted molar refractivity (Wildman–Crippen MR) is 40.2 cm³/mol. The number of hydrogen-bond acceptors (Lipinski definition) is 2. The van der Waals surface area contributed by atoms with Gasteiger partial charge in [-0.3, -0.25) is 4.79 Å². The average Bonchev–Trinajstić information content (AvgIpc) is 1.97. The Bertz CT molecular complexity index is 119. The minimum Gasteiger partial charge on any atom is -0.375 e. The summed E-state index contributed by atoms with van der Waals surface area (Å²) in [4.78, 5) is 10.5. The number of ketones is 1. The van der Waals surface area contributed by atoms with Crippen LogP contribution < -0.4 is 0 Å². The first-order valence-corrected chi connectivity index (χ1v) is 4.22. The van der Waals surface area contributed by atoms with E-state index in [1.165, 1.54) is 0 Å². The quantitative estimate of drug-likeness (QED) is 0.512. The van der Waals surface area contributed by atoms with Crippen LogP contribution in [0.2, 0.25) is 0 Å². The molecule has 0 aliphatic rings. The van der Waals surface area contributed by atoms with Crippen LogP contribution in [0.5, 0.6) is 0 Å². The van der Waals surface area contributed by atoms with E-state index in [9.17, 15) is 13.6 Å². The Hall–Kier alpha value is -0.0300. The summed E-state index contributed by atoms with van der Waals surface area (Å²) in [6.45, 7) is -0.510. The molecule has 0 aromatic rings. The number of carbonyl (C=O) groups is 1. The van der Waals surface area contributed by atoms with Crippen LogP contribution in [0.25, 0.3) is 0 Å². The monoisotopic (exact) mass is 230 g/mol. The zero-order valence-electron chi connectivity index (χ0n) is 5.86.